The second-order valence-electron chi connectivity index (χ2n) is 6.35. The van der Waals surface area contributed by atoms with E-state index in [0.29, 0.717) is 17.3 Å². The van der Waals surface area contributed by atoms with Crippen LogP contribution >= 0.6 is 11.6 Å². The molecular weight excluding hydrogens is 364 g/mol. The minimum atomic E-state index is -3.69. The summed E-state index contributed by atoms with van der Waals surface area (Å²) in [4.78, 5) is 10.1. The van der Waals surface area contributed by atoms with Gasteiger partial charge in [0.25, 0.3) is 5.69 Å². The molecule has 0 saturated heterocycles. The maximum absolute atomic E-state index is 11.8. The molecule has 3 rings (SSSR count). The van der Waals surface area contributed by atoms with E-state index in [2.05, 4.69) is 5.32 Å². The molecule has 1 saturated carbocycles. The minimum Gasteiger partial charge on any atom is -0.384 e. The predicted molar refractivity (Wildman–Crippen MR) is 97.1 cm³/mol. The molecule has 25 heavy (non-hydrogen) atoms. The quantitative estimate of drug-likeness (QED) is 0.608. The van der Waals surface area contributed by atoms with Gasteiger partial charge in [0.05, 0.1) is 4.92 Å². The molecule has 0 unspecified atom stereocenters. The van der Waals surface area contributed by atoms with E-state index in [1.54, 1.807) is 0 Å². The third kappa shape index (κ3) is 3.77. The van der Waals surface area contributed by atoms with Crippen molar-refractivity contribution in [1.29, 1.82) is 0 Å². The smallest absolute Gasteiger partial charge is 0.288 e. The van der Waals surface area contributed by atoms with Crippen molar-refractivity contribution in [1.82, 2.24) is 0 Å². The fourth-order valence-corrected chi connectivity index (χ4v) is 3.85. The fraction of sp³-hybridized carbons (Fsp3) is 0.294. The second-order valence-corrected chi connectivity index (χ2v) is 8.77. The molecule has 6 nitrogen and oxygen atoms in total. The SMILES string of the molecule is CS(=O)(=O)c1cc(NCC2(c3ccc(Cl)cc3)CC2)ccc1[N+](=O)[O-]. The monoisotopic (exact) mass is 380 g/mol. The first-order valence-corrected chi connectivity index (χ1v) is 9.97. The second kappa shape index (κ2) is 6.31. The fourth-order valence-electron chi connectivity index (χ4n) is 2.87. The van der Waals surface area contributed by atoms with Gasteiger partial charge >= 0.3 is 0 Å². The maximum Gasteiger partial charge on any atom is 0.288 e. The van der Waals surface area contributed by atoms with Crippen molar-refractivity contribution in [2.45, 2.75) is 23.2 Å². The third-order valence-electron chi connectivity index (χ3n) is 4.50. The predicted octanol–water partition coefficient (Wildman–Crippen LogP) is 3.80. The highest BCUT2D eigenvalue weighted by Gasteiger charge is 2.43. The first-order valence-electron chi connectivity index (χ1n) is 7.70. The zero-order chi connectivity index (χ0) is 18.2. The lowest BCUT2D eigenvalue weighted by molar-refractivity contribution is -0.387. The van der Waals surface area contributed by atoms with Crippen LogP contribution in [0.4, 0.5) is 11.4 Å². The van der Waals surface area contributed by atoms with Gasteiger partial charge in [-0.15, -0.1) is 0 Å². The third-order valence-corrected chi connectivity index (χ3v) is 5.87. The van der Waals surface area contributed by atoms with E-state index in [0.717, 1.165) is 19.1 Å². The summed E-state index contributed by atoms with van der Waals surface area (Å²) in [5.74, 6) is 0. The van der Waals surface area contributed by atoms with Crippen LogP contribution in [-0.2, 0) is 15.3 Å². The highest BCUT2D eigenvalue weighted by Crippen LogP contribution is 2.48. The molecule has 0 heterocycles. The Balaban J connectivity index is 1.82. The van der Waals surface area contributed by atoms with Crippen LogP contribution in [0.1, 0.15) is 18.4 Å². The number of benzene rings is 2. The number of hydrogen-bond acceptors (Lipinski definition) is 5. The van der Waals surface area contributed by atoms with E-state index in [1.807, 2.05) is 24.3 Å². The number of nitrogens with zero attached hydrogens (tertiary/aromatic N) is 1. The highest BCUT2D eigenvalue weighted by atomic mass is 35.5. The van der Waals surface area contributed by atoms with Crippen LogP contribution < -0.4 is 5.32 Å². The van der Waals surface area contributed by atoms with E-state index in [4.69, 9.17) is 11.6 Å². The van der Waals surface area contributed by atoms with Gasteiger partial charge in [-0.25, -0.2) is 8.42 Å². The Morgan fingerprint density at radius 3 is 2.36 bits per heavy atom. The molecule has 8 heteroatoms. The molecule has 0 aliphatic heterocycles. The van der Waals surface area contributed by atoms with Crippen LogP contribution in [0.2, 0.25) is 5.02 Å². The number of nitrogens with one attached hydrogen (secondary N) is 1. The van der Waals surface area contributed by atoms with Gasteiger partial charge in [0.1, 0.15) is 4.90 Å². The van der Waals surface area contributed by atoms with Gasteiger partial charge in [-0.2, -0.15) is 0 Å². The molecule has 2 aromatic rings. The average Bonchev–Trinajstić information content (AvgIpc) is 3.33. The van der Waals surface area contributed by atoms with Crippen molar-refractivity contribution < 1.29 is 13.3 Å². The molecule has 2 aromatic carbocycles. The molecule has 1 aliphatic rings. The standard InChI is InChI=1S/C17H17ClN2O4S/c1-25(23,24)16-10-14(6-7-15(16)20(21)22)19-11-17(8-9-17)12-2-4-13(18)5-3-12/h2-7,10,19H,8-9,11H2,1H3. The van der Waals surface area contributed by atoms with E-state index in [9.17, 15) is 18.5 Å². The number of rotatable bonds is 6. The summed E-state index contributed by atoms with van der Waals surface area (Å²) in [7, 11) is -3.69. The molecule has 0 radical (unpaired) electrons. The first-order chi connectivity index (χ1) is 11.7. The Labute approximate surface area is 150 Å². The topological polar surface area (TPSA) is 89.3 Å². The number of halogens is 1. The summed E-state index contributed by atoms with van der Waals surface area (Å²) in [6.45, 7) is 0.621. The summed E-state index contributed by atoms with van der Waals surface area (Å²) in [5, 5.41) is 14.9. The van der Waals surface area contributed by atoms with Crippen molar-refractivity contribution in [3.8, 4) is 0 Å². The molecule has 0 aromatic heterocycles. The van der Waals surface area contributed by atoms with Gasteiger partial charge in [0.2, 0.25) is 0 Å². The molecular formula is C17H17ClN2O4S. The Kier molecular flexibility index (Phi) is 4.47. The zero-order valence-electron chi connectivity index (χ0n) is 13.5. The van der Waals surface area contributed by atoms with Crippen LogP contribution in [0.5, 0.6) is 0 Å². The highest BCUT2D eigenvalue weighted by molar-refractivity contribution is 7.90. The van der Waals surface area contributed by atoms with Crippen LogP contribution in [0.3, 0.4) is 0 Å². The van der Waals surface area contributed by atoms with Gasteiger partial charge < -0.3 is 5.32 Å². The number of nitro benzene ring substituents is 1. The number of nitro groups is 1. The Bertz CT molecular complexity index is 922. The molecule has 0 bridgehead atoms. The summed E-state index contributed by atoms with van der Waals surface area (Å²) in [6, 6.07) is 11.8. The van der Waals surface area contributed by atoms with Crippen molar-refractivity contribution in [3.05, 3.63) is 63.2 Å². The lowest BCUT2D eigenvalue weighted by atomic mass is 9.96. The number of hydrogen-bond donors (Lipinski definition) is 1. The van der Waals surface area contributed by atoms with E-state index < -0.39 is 20.4 Å². The molecule has 1 N–H and O–H groups in total. The Morgan fingerprint density at radius 2 is 1.84 bits per heavy atom. The maximum atomic E-state index is 11.8. The number of anilines is 1. The summed E-state index contributed by atoms with van der Waals surface area (Å²) in [6.07, 6.45) is 3.01. The van der Waals surface area contributed by atoms with Crippen molar-refractivity contribution >= 4 is 32.8 Å². The summed E-state index contributed by atoms with van der Waals surface area (Å²) >= 11 is 5.93. The Hall–Kier alpha value is -2.12. The van der Waals surface area contributed by atoms with Crippen LogP contribution in [0.15, 0.2) is 47.4 Å². The molecule has 0 atom stereocenters. The zero-order valence-corrected chi connectivity index (χ0v) is 15.1. The minimum absolute atomic E-state index is 0.00236. The molecule has 132 valence electrons. The van der Waals surface area contributed by atoms with Crippen molar-refractivity contribution in [2.24, 2.45) is 0 Å². The first kappa shape index (κ1) is 17.7. The van der Waals surface area contributed by atoms with Crippen LogP contribution in [0.25, 0.3) is 0 Å². The van der Waals surface area contributed by atoms with Gasteiger partial charge in [0, 0.05) is 35.0 Å². The van der Waals surface area contributed by atoms with Crippen molar-refractivity contribution in [2.75, 3.05) is 18.1 Å². The lowest BCUT2D eigenvalue weighted by Gasteiger charge is -2.18. The molecule has 1 aliphatic carbocycles. The average molecular weight is 381 g/mol. The van der Waals surface area contributed by atoms with Crippen molar-refractivity contribution in [3.63, 3.8) is 0 Å². The summed E-state index contributed by atoms with van der Waals surface area (Å²) < 4.78 is 23.7. The van der Waals surface area contributed by atoms with Gasteiger partial charge in [-0.3, -0.25) is 10.1 Å². The van der Waals surface area contributed by atoms with E-state index in [-0.39, 0.29) is 10.3 Å². The van der Waals surface area contributed by atoms with E-state index in [1.165, 1.54) is 23.8 Å². The number of sulfone groups is 1. The van der Waals surface area contributed by atoms with Crippen LogP contribution in [-0.4, -0.2) is 26.1 Å². The van der Waals surface area contributed by atoms with Gasteiger partial charge in [0.15, 0.2) is 9.84 Å². The molecule has 0 spiro atoms. The van der Waals surface area contributed by atoms with Gasteiger partial charge in [-0.1, -0.05) is 23.7 Å². The molecule has 0 amide bonds. The summed E-state index contributed by atoms with van der Waals surface area (Å²) in [5.41, 5.74) is 1.31. The van der Waals surface area contributed by atoms with Gasteiger partial charge in [-0.05, 0) is 42.7 Å². The van der Waals surface area contributed by atoms with Crippen LogP contribution in [0, 0.1) is 10.1 Å². The van der Waals surface area contributed by atoms with E-state index >= 15 is 0 Å². The largest absolute Gasteiger partial charge is 0.384 e. The lowest BCUT2D eigenvalue weighted by Crippen LogP contribution is -2.19. The molecule has 1 fully saturated rings. The normalized spacial score (nSPS) is 15.6. The Morgan fingerprint density at radius 1 is 1.20 bits per heavy atom.